The molecule has 2 N–H and O–H groups in total. The second kappa shape index (κ2) is 12.9. The van der Waals surface area contributed by atoms with E-state index in [2.05, 4.69) is 39.8 Å². The summed E-state index contributed by atoms with van der Waals surface area (Å²) in [5.41, 5.74) is 3.88. The van der Waals surface area contributed by atoms with Crippen LogP contribution in [0.1, 0.15) is 29.5 Å². The van der Waals surface area contributed by atoms with E-state index in [1.54, 1.807) is 12.1 Å². The predicted molar refractivity (Wildman–Crippen MR) is 141 cm³/mol. The largest absolute Gasteiger partial charge is 0.417 e. The topological polar surface area (TPSA) is 70.7 Å². The number of nitrogens with one attached hydrogen (secondary N) is 2. The fraction of sp³-hybridized carbons (Fsp3) is 0.286. The second-order valence-electron chi connectivity index (χ2n) is 8.75. The van der Waals surface area contributed by atoms with Gasteiger partial charge < -0.3 is 10.1 Å². The number of carbonyl (C=O) groups excluding carboxylic acids is 2. The molecule has 1 fully saturated rings. The first-order valence-corrected chi connectivity index (χ1v) is 11.7. The molecule has 6 nitrogen and oxygen atoms in total. The van der Waals surface area contributed by atoms with Crippen LogP contribution in [0.2, 0.25) is 0 Å². The Morgan fingerprint density at radius 2 is 1.54 bits per heavy atom. The summed E-state index contributed by atoms with van der Waals surface area (Å²) in [5, 5.41) is 5.91. The van der Waals surface area contributed by atoms with Gasteiger partial charge in [0.2, 0.25) is 5.91 Å². The van der Waals surface area contributed by atoms with E-state index in [-0.39, 0.29) is 24.4 Å². The summed E-state index contributed by atoms with van der Waals surface area (Å²) < 4.78 is 5.35. The van der Waals surface area contributed by atoms with Crippen LogP contribution in [-0.4, -0.2) is 36.0 Å². The van der Waals surface area contributed by atoms with Crippen LogP contribution in [0.5, 0.6) is 5.75 Å². The summed E-state index contributed by atoms with van der Waals surface area (Å²) in [6.45, 7) is 4.84. The van der Waals surface area contributed by atoms with Crippen LogP contribution in [-0.2, 0) is 17.8 Å². The van der Waals surface area contributed by atoms with E-state index < -0.39 is 6.09 Å². The molecular formula is C28H32ClN3O3. The molecule has 0 spiro atoms. The molecule has 35 heavy (non-hydrogen) atoms. The van der Waals surface area contributed by atoms with Crippen molar-refractivity contribution in [3.63, 3.8) is 0 Å². The van der Waals surface area contributed by atoms with E-state index in [0.29, 0.717) is 17.9 Å². The predicted octanol–water partition coefficient (Wildman–Crippen LogP) is 5.35. The standard InChI is InChI=1S/C28H31N3O3.ClH/c1-21-7-5-6-10-26(21)30-28(33)34-25-13-11-22(12-14-25)19-27(32)29-24-15-17-31(18-16-24)20-23-8-3-2-4-9-23;/h2-14,24H,15-20H2,1H3,(H,29,32)(H,30,33);1H. The summed E-state index contributed by atoms with van der Waals surface area (Å²) in [7, 11) is 0. The van der Waals surface area contributed by atoms with Crippen molar-refractivity contribution in [1.29, 1.82) is 0 Å². The van der Waals surface area contributed by atoms with Gasteiger partial charge in [-0.25, -0.2) is 4.79 Å². The highest BCUT2D eigenvalue weighted by molar-refractivity contribution is 5.87. The molecule has 1 heterocycles. The number of carbonyl (C=O) groups is 2. The summed E-state index contributed by atoms with van der Waals surface area (Å²) in [5.74, 6) is 0.452. The summed E-state index contributed by atoms with van der Waals surface area (Å²) in [4.78, 5) is 27.1. The van der Waals surface area contributed by atoms with Gasteiger partial charge in [-0.2, -0.15) is 0 Å². The SMILES string of the molecule is Cc1ccccc1NC(=O)Oc1ccc(CC(=O)NC2CCN(Cc3ccccc3)CC2)cc1.Cl. The lowest BCUT2D eigenvalue weighted by molar-refractivity contribution is -0.121. The molecule has 3 aromatic carbocycles. The summed E-state index contributed by atoms with van der Waals surface area (Å²) in [6, 6.07) is 25.3. The van der Waals surface area contributed by atoms with E-state index in [1.165, 1.54) is 5.56 Å². The number of para-hydroxylation sites is 1. The van der Waals surface area contributed by atoms with Gasteiger partial charge >= 0.3 is 6.09 Å². The number of anilines is 1. The van der Waals surface area contributed by atoms with Crippen molar-refractivity contribution in [1.82, 2.24) is 10.2 Å². The number of rotatable bonds is 7. The first-order valence-electron chi connectivity index (χ1n) is 11.7. The lowest BCUT2D eigenvalue weighted by atomic mass is 10.0. The van der Waals surface area contributed by atoms with Crippen LogP contribution in [0.15, 0.2) is 78.9 Å². The molecule has 0 aliphatic carbocycles. The van der Waals surface area contributed by atoms with Gasteiger partial charge in [-0.3, -0.25) is 15.0 Å². The molecule has 0 bridgehead atoms. The highest BCUT2D eigenvalue weighted by Crippen LogP contribution is 2.17. The Kier molecular flexibility index (Phi) is 9.70. The average Bonchev–Trinajstić information content (AvgIpc) is 2.84. The first-order chi connectivity index (χ1) is 16.5. The number of aryl methyl sites for hydroxylation is 1. The molecule has 0 unspecified atom stereocenters. The molecule has 184 valence electrons. The maximum atomic E-state index is 12.5. The highest BCUT2D eigenvalue weighted by Gasteiger charge is 2.20. The van der Waals surface area contributed by atoms with Gasteiger partial charge in [0, 0.05) is 31.4 Å². The number of halogens is 1. The molecule has 4 rings (SSSR count). The highest BCUT2D eigenvalue weighted by atomic mass is 35.5. The lowest BCUT2D eigenvalue weighted by Crippen LogP contribution is -2.44. The van der Waals surface area contributed by atoms with Crippen LogP contribution in [0.4, 0.5) is 10.5 Å². The number of hydrogen-bond donors (Lipinski definition) is 2. The first kappa shape index (κ1) is 26.3. The molecular weight excluding hydrogens is 462 g/mol. The minimum Gasteiger partial charge on any atom is -0.410 e. The number of likely N-dealkylation sites (tertiary alicyclic amines) is 1. The van der Waals surface area contributed by atoms with Crippen molar-refractivity contribution < 1.29 is 14.3 Å². The Hall–Kier alpha value is -3.35. The number of ether oxygens (including phenoxy) is 1. The Balaban J connectivity index is 0.00000342. The molecule has 2 amide bonds. The average molecular weight is 494 g/mol. The number of amides is 2. The molecule has 1 saturated heterocycles. The van der Waals surface area contributed by atoms with Crippen molar-refractivity contribution in [2.45, 2.75) is 38.8 Å². The van der Waals surface area contributed by atoms with E-state index in [1.807, 2.05) is 49.4 Å². The Labute approximate surface area is 213 Å². The second-order valence-corrected chi connectivity index (χ2v) is 8.75. The van der Waals surface area contributed by atoms with E-state index in [9.17, 15) is 9.59 Å². The maximum Gasteiger partial charge on any atom is 0.417 e. The van der Waals surface area contributed by atoms with Gasteiger partial charge in [0.05, 0.1) is 6.42 Å². The van der Waals surface area contributed by atoms with Crippen LogP contribution >= 0.6 is 12.4 Å². The van der Waals surface area contributed by atoms with Crippen molar-refractivity contribution in [2.24, 2.45) is 0 Å². The van der Waals surface area contributed by atoms with Crippen molar-refractivity contribution in [3.8, 4) is 5.75 Å². The van der Waals surface area contributed by atoms with Gasteiger partial charge in [-0.05, 0) is 54.7 Å². The third-order valence-electron chi connectivity index (χ3n) is 6.08. The Morgan fingerprint density at radius 3 is 2.23 bits per heavy atom. The van der Waals surface area contributed by atoms with E-state index in [4.69, 9.17) is 4.74 Å². The Bertz CT molecular complexity index is 1100. The van der Waals surface area contributed by atoms with Crippen LogP contribution < -0.4 is 15.4 Å². The summed E-state index contributed by atoms with van der Waals surface area (Å²) in [6.07, 6.45) is 1.68. The van der Waals surface area contributed by atoms with E-state index >= 15 is 0 Å². The van der Waals surface area contributed by atoms with Gasteiger partial charge in [0.25, 0.3) is 0 Å². The molecule has 0 atom stereocenters. The normalized spacial score (nSPS) is 14.0. The summed E-state index contributed by atoms with van der Waals surface area (Å²) >= 11 is 0. The molecule has 1 aliphatic rings. The monoisotopic (exact) mass is 493 g/mol. The number of benzene rings is 3. The number of hydrogen-bond acceptors (Lipinski definition) is 4. The zero-order chi connectivity index (χ0) is 23.8. The lowest BCUT2D eigenvalue weighted by Gasteiger charge is -2.32. The van der Waals surface area contributed by atoms with Crippen LogP contribution in [0, 0.1) is 6.92 Å². The van der Waals surface area contributed by atoms with Gasteiger partial charge in [-0.1, -0.05) is 60.7 Å². The minimum absolute atomic E-state index is 0. The quantitative estimate of drug-likeness (QED) is 0.465. The van der Waals surface area contributed by atoms with Crippen molar-refractivity contribution in [2.75, 3.05) is 18.4 Å². The zero-order valence-electron chi connectivity index (χ0n) is 19.9. The van der Waals surface area contributed by atoms with Crippen molar-refractivity contribution >= 4 is 30.1 Å². The number of piperidine rings is 1. The Morgan fingerprint density at radius 1 is 0.886 bits per heavy atom. The van der Waals surface area contributed by atoms with Gasteiger partial charge in [0.1, 0.15) is 5.75 Å². The zero-order valence-corrected chi connectivity index (χ0v) is 20.7. The van der Waals surface area contributed by atoms with Crippen molar-refractivity contribution in [3.05, 3.63) is 95.6 Å². The van der Waals surface area contributed by atoms with Gasteiger partial charge in [-0.15, -0.1) is 12.4 Å². The fourth-order valence-electron chi connectivity index (χ4n) is 4.17. The van der Waals surface area contributed by atoms with Crippen LogP contribution in [0.25, 0.3) is 0 Å². The van der Waals surface area contributed by atoms with E-state index in [0.717, 1.165) is 43.6 Å². The molecule has 7 heteroatoms. The third kappa shape index (κ3) is 8.12. The maximum absolute atomic E-state index is 12.5. The smallest absolute Gasteiger partial charge is 0.410 e. The number of nitrogens with zero attached hydrogens (tertiary/aromatic N) is 1. The molecule has 0 aromatic heterocycles. The minimum atomic E-state index is -0.543. The molecule has 0 saturated carbocycles. The third-order valence-corrected chi connectivity index (χ3v) is 6.08. The molecule has 0 radical (unpaired) electrons. The van der Waals surface area contributed by atoms with Crippen LogP contribution in [0.3, 0.4) is 0 Å². The molecule has 1 aliphatic heterocycles. The fourth-order valence-corrected chi connectivity index (χ4v) is 4.17. The molecule has 3 aromatic rings. The van der Waals surface area contributed by atoms with Gasteiger partial charge in [0.15, 0.2) is 0 Å².